The van der Waals surface area contributed by atoms with Crippen LogP contribution in [0.3, 0.4) is 0 Å². The van der Waals surface area contributed by atoms with E-state index in [2.05, 4.69) is 10.5 Å². The number of likely N-dealkylation sites (tertiary alicyclic amines) is 1. The van der Waals surface area contributed by atoms with Crippen molar-refractivity contribution < 1.29 is 19.2 Å². The van der Waals surface area contributed by atoms with Crippen LogP contribution in [0.5, 0.6) is 0 Å². The van der Waals surface area contributed by atoms with Gasteiger partial charge in [-0.05, 0) is 32.6 Å². The Labute approximate surface area is 122 Å². The number of hydrogen-bond acceptors (Lipinski definition) is 4. The SMILES string of the molecule is C[C@@H]1C[C@H](NC(=O)c2cc(C3CC3)on2)CCN1C(=O)O. The minimum atomic E-state index is -0.905. The molecule has 1 saturated carbocycles. The first-order valence-corrected chi connectivity index (χ1v) is 7.31. The molecule has 1 aromatic rings. The number of hydrogen-bond donors (Lipinski definition) is 2. The van der Waals surface area contributed by atoms with Gasteiger partial charge in [-0.3, -0.25) is 4.79 Å². The summed E-state index contributed by atoms with van der Waals surface area (Å²) < 4.78 is 5.17. The van der Waals surface area contributed by atoms with E-state index in [1.54, 1.807) is 6.07 Å². The molecule has 1 saturated heterocycles. The first-order chi connectivity index (χ1) is 10.0. The molecule has 0 spiro atoms. The van der Waals surface area contributed by atoms with Gasteiger partial charge in [-0.2, -0.15) is 0 Å². The van der Waals surface area contributed by atoms with Gasteiger partial charge in [-0.25, -0.2) is 4.79 Å². The molecule has 21 heavy (non-hydrogen) atoms. The zero-order chi connectivity index (χ0) is 15.0. The van der Waals surface area contributed by atoms with Crippen LogP contribution in [0.15, 0.2) is 10.6 Å². The second kappa shape index (κ2) is 5.38. The number of nitrogens with one attached hydrogen (secondary N) is 1. The average molecular weight is 293 g/mol. The lowest BCUT2D eigenvalue weighted by molar-refractivity contribution is 0.0848. The fourth-order valence-corrected chi connectivity index (χ4v) is 2.80. The van der Waals surface area contributed by atoms with Gasteiger partial charge in [0.15, 0.2) is 5.69 Å². The maximum atomic E-state index is 12.1. The van der Waals surface area contributed by atoms with E-state index in [0.717, 1.165) is 18.6 Å². The van der Waals surface area contributed by atoms with Crippen molar-refractivity contribution >= 4 is 12.0 Å². The molecule has 3 rings (SSSR count). The van der Waals surface area contributed by atoms with Crippen LogP contribution in [-0.2, 0) is 0 Å². The molecule has 0 aromatic carbocycles. The molecule has 2 N–H and O–H groups in total. The van der Waals surface area contributed by atoms with Crippen LogP contribution in [0.1, 0.15) is 54.8 Å². The summed E-state index contributed by atoms with van der Waals surface area (Å²) in [5, 5.41) is 15.8. The van der Waals surface area contributed by atoms with Crippen LogP contribution in [0.2, 0.25) is 0 Å². The van der Waals surface area contributed by atoms with Gasteiger partial charge in [0.2, 0.25) is 0 Å². The fraction of sp³-hybridized carbons (Fsp3) is 0.643. The van der Waals surface area contributed by atoms with E-state index in [0.29, 0.717) is 31.0 Å². The number of rotatable bonds is 3. The van der Waals surface area contributed by atoms with Gasteiger partial charge in [0.25, 0.3) is 5.91 Å². The quantitative estimate of drug-likeness (QED) is 0.886. The van der Waals surface area contributed by atoms with Gasteiger partial charge in [0, 0.05) is 30.6 Å². The minimum absolute atomic E-state index is 0.0239. The second-order valence-corrected chi connectivity index (χ2v) is 5.91. The van der Waals surface area contributed by atoms with Crippen LogP contribution < -0.4 is 5.32 Å². The van der Waals surface area contributed by atoms with Gasteiger partial charge in [-0.15, -0.1) is 0 Å². The van der Waals surface area contributed by atoms with Gasteiger partial charge in [0.1, 0.15) is 5.76 Å². The first-order valence-electron chi connectivity index (χ1n) is 7.31. The van der Waals surface area contributed by atoms with Crippen LogP contribution in [0.25, 0.3) is 0 Å². The third-order valence-electron chi connectivity index (χ3n) is 4.20. The summed E-state index contributed by atoms with van der Waals surface area (Å²) in [4.78, 5) is 24.5. The Morgan fingerprint density at radius 2 is 2.19 bits per heavy atom. The summed E-state index contributed by atoms with van der Waals surface area (Å²) >= 11 is 0. The summed E-state index contributed by atoms with van der Waals surface area (Å²) in [5.41, 5.74) is 0.310. The highest BCUT2D eigenvalue weighted by atomic mass is 16.5. The maximum Gasteiger partial charge on any atom is 0.407 e. The molecule has 1 aliphatic carbocycles. The Balaban J connectivity index is 1.56. The molecular weight excluding hydrogens is 274 g/mol. The van der Waals surface area contributed by atoms with Crippen LogP contribution in [0.4, 0.5) is 4.79 Å². The molecule has 7 heteroatoms. The lowest BCUT2D eigenvalue weighted by atomic mass is 9.98. The normalized spacial score (nSPS) is 25.7. The molecule has 2 amide bonds. The molecular formula is C14H19N3O4. The highest BCUT2D eigenvalue weighted by Crippen LogP contribution is 2.40. The van der Waals surface area contributed by atoms with Crippen LogP contribution >= 0.6 is 0 Å². The summed E-state index contributed by atoms with van der Waals surface area (Å²) in [5.74, 6) is 0.971. The van der Waals surface area contributed by atoms with E-state index in [9.17, 15) is 9.59 Å². The van der Waals surface area contributed by atoms with Gasteiger partial charge < -0.3 is 19.8 Å². The molecule has 2 fully saturated rings. The topological polar surface area (TPSA) is 95.7 Å². The zero-order valence-corrected chi connectivity index (χ0v) is 11.9. The fourth-order valence-electron chi connectivity index (χ4n) is 2.80. The molecule has 114 valence electrons. The summed E-state index contributed by atoms with van der Waals surface area (Å²) in [6.45, 7) is 2.29. The number of carbonyl (C=O) groups is 2. The van der Waals surface area contributed by atoms with Crippen molar-refractivity contribution in [2.45, 2.75) is 50.6 Å². The summed E-state index contributed by atoms with van der Waals surface area (Å²) in [6, 6.07) is 1.59. The third kappa shape index (κ3) is 3.01. The molecule has 2 aliphatic rings. The smallest absolute Gasteiger partial charge is 0.407 e. The molecule has 2 heterocycles. The Morgan fingerprint density at radius 1 is 1.43 bits per heavy atom. The molecule has 0 unspecified atom stereocenters. The first kappa shape index (κ1) is 13.9. The maximum absolute atomic E-state index is 12.1. The molecule has 7 nitrogen and oxygen atoms in total. The van der Waals surface area contributed by atoms with Crippen molar-refractivity contribution in [3.63, 3.8) is 0 Å². The van der Waals surface area contributed by atoms with E-state index in [4.69, 9.17) is 9.63 Å². The van der Waals surface area contributed by atoms with Crippen molar-refractivity contribution in [1.29, 1.82) is 0 Å². The predicted octanol–water partition coefficient (Wildman–Crippen LogP) is 1.81. The number of nitrogens with zero attached hydrogens (tertiary/aromatic N) is 2. The Kier molecular flexibility index (Phi) is 3.57. The third-order valence-corrected chi connectivity index (χ3v) is 4.20. The average Bonchev–Trinajstić information content (AvgIpc) is 3.16. The predicted molar refractivity (Wildman–Crippen MR) is 73.2 cm³/mol. The van der Waals surface area contributed by atoms with Crippen molar-refractivity contribution in [2.24, 2.45) is 0 Å². The van der Waals surface area contributed by atoms with E-state index in [-0.39, 0.29) is 18.0 Å². The Hall–Kier alpha value is -2.05. The molecule has 2 atom stereocenters. The summed E-state index contributed by atoms with van der Waals surface area (Å²) in [7, 11) is 0. The monoisotopic (exact) mass is 293 g/mol. The van der Waals surface area contributed by atoms with Gasteiger partial charge in [-0.1, -0.05) is 5.16 Å². The van der Waals surface area contributed by atoms with Crippen LogP contribution in [-0.4, -0.2) is 45.8 Å². The highest BCUT2D eigenvalue weighted by molar-refractivity contribution is 5.92. The van der Waals surface area contributed by atoms with Crippen molar-refractivity contribution in [1.82, 2.24) is 15.4 Å². The van der Waals surface area contributed by atoms with E-state index in [1.807, 2.05) is 6.92 Å². The zero-order valence-electron chi connectivity index (χ0n) is 11.9. The standard InChI is InChI=1S/C14H19N3O4/c1-8-6-10(4-5-17(8)14(19)20)15-13(18)11-7-12(21-16-11)9-2-3-9/h7-10H,2-6H2,1H3,(H,15,18)(H,19,20)/t8-,10-/m1/s1. The van der Waals surface area contributed by atoms with E-state index < -0.39 is 6.09 Å². The van der Waals surface area contributed by atoms with Crippen molar-refractivity contribution in [2.75, 3.05) is 6.54 Å². The Morgan fingerprint density at radius 3 is 2.81 bits per heavy atom. The summed E-state index contributed by atoms with van der Waals surface area (Å²) in [6.07, 6.45) is 2.53. The lowest BCUT2D eigenvalue weighted by Crippen LogP contribution is -2.50. The van der Waals surface area contributed by atoms with Crippen LogP contribution in [0, 0.1) is 0 Å². The highest BCUT2D eigenvalue weighted by Gasteiger charge is 2.31. The number of aromatic nitrogens is 1. The molecule has 0 radical (unpaired) electrons. The molecule has 1 aliphatic heterocycles. The second-order valence-electron chi connectivity index (χ2n) is 5.91. The number of carbonyl (C=O) groups excluding carboxylic acids is 1. The van der Waals surface area contributed by atoms with Crippen molar-refractivity contribution in [3.05, 3.63) is 17.5 Å². The molecule has 0 bridgehead atoms. The van der Waals surface area contributed by atoms with Crippen molar-refractivity contribution in [3.8, 4) is 0 Å². The van der Waals surface area contributed by atoms with E-state index in [1.165, 1.54) is 4.90 Å². The minimum Gasteiger partial charge on any atom is -0.465 e. The molecule has 1 aromatic heterocycles. The lowest BCUT2D eigenvalue weighted by Gasteiger charge is -2.35. The number of amides is 2. The largest absolute Gasteiger partial charge is 0.465 e. The van der Waals surface area contributed by atoms with E-state index >= 15 is 0 Å². The Bertz CT molecular complexity index is 552. The van der Waals surface area contributed by atoms with Gasteiger partial charge in [0.05, 0.1) is 0 Å². The number of carboxylic acid groups (broad SMARTS) is 1. The van der Waals surface area contributed by atoms with Gasteiger partial charge >= 0.3 is 6.09 Å². The number of piperidine rings is 1.